The maximum Gasteiger partial charge on any atom is 0.470 e. The highest BCUT2D eigenvalue weighted by Crippen LogP contribution is 2.35. The van der Waals surface area contributed by atoms with Gasteiger partial charge in [0, 0.05) is 0 Å². The van der Waals surface area contributed by atoms with Gasteiger partial charge in [0.05, 0.1) is 0 Å². The number of ketones is 2. The van der Waals surface area contributed by atoms with Gasteiger partial charge < -0.3 is 14.9 Å². The molecule has 0 aromatic heterocycles. The largest absolute Gasteiger partial charge is 0.470 e. The van der Waals surface area contributed by atoms with E-state index in [1.54, 1.807) is 0 Å². The zero-order chi connectivity index (χ0) is 12.8. The first-order valence-corrected chi connectivity index (χ1v) is 6.26. The van der Waals surface area contributed by atoms with E-state index >= 15 is 0 Å². The standard InChI is InChI=1S/C8H15O7P/c1-2-3-4-6(9)8(11)7(10)5-15-16(12,13)14/h6,9H,2-5H2,1H3,(H2,12,13,14). The van der Waals surface area contributed by atoms with Gasteiger partial charge in [-0.3, -0.25) is 14.1 Å². The van der Waals surface area contributed by atoms with Gasteiger partial charge in [-0.1, -0.05) is 19.8 Å². The maximum atomic E-state index is 11.1. The molecule has 3 N–H and O–H groups in total. The summed E-state index contributed by atoms with van der Waals surface area (Å²) < 4.78 is 14.1. The van der Waals surface area contributed by atoms with Gasteiger partial charge in [0.2, 0.25) is 11.6 Å². The van der Waals surface area contributed by atoms with Gasteiger partial charge in [0.15, 0.2) is 0 Å². The fraction of sp³-hybridized carbons (Fsp3) is 0.750. The Balaban J connectivity index is 4.08. The van der Waals surface area contributed by atoms with E-state index in [1.165, 1.54) is 0 Å². The molecule has 16 heavy (non-hydrogen) atoms. The summed E-state index contributed by atoms with van der Waals surface area (Å²) in [6.07, 6.45) is 0.0708. The van der Waals surface area contributed by atoms with E-state index in [9.17, 15) is 19.3 Å². The van der Waals surface area contributed by atoms with Crippen molar-refractivity contribution < 1.29 is 33.6 Å². The summed E-state index contributed by atoms with van der Waals surface area (Å²) in [5.74, 6) is -2.23. The van der Waals surface area contributed by atoms with E-state index < -0.39 is 32.1 Å². The first-order chi connectivity index (χ1) is 7.28. The highest BCUT2D eigenvalue weighted by atomic mass is 31.2. The van der Waals surface area contributed by atoms with Gasteiger partial charge in [-0.05, 0) is 6.42 Å². The Bertz CT molecular complexity index is 295. The summed E-state index contributed by atoms with van der Waals surface area (Å²) >= 11 is 0. The minimum atomic E-state index is -4.77. The molecule has 7 nitrogen and oxygen atoms in total. The van der Waals surface area contributed by atoms with Gasteiger partial charge >= 0.3 is 7.82 Å². The Morgan fingerprint density at radius 2 is 1.94 bits per heavy atom. The minimum absolute atomic E-state index is 0.150. The lowest BCUT2D eigenvalue weighted by Gasteiger charge is -2.08. The Kier molecular flexibility index (Phi) is 6.62. The van der Waals surface area contributed by atoms with Crippen LogP contribution in [0.4, 0.5) is 0 Å². The van der Waals surface area contributed by atoms with Gasteiger partial charge in [-0.15, -0.1) is 0 Å². The third kappa shape index (κ3) is 6.81. The molecule has 0 spiro atoms. The van der Waals surface area contributed by atoms with Gasteiger partial charge in [-0.2, -0.15) is 0 Å². The molecule has 0 saturated heterocycles. The average molecular weight is 254 g/mol. The van der Waals surface area contributed by atoms with Crippen LogP contribution in [0.2, 0.25) is 0 Å². The van der Waals surface area contributed by atoms with Crippen molar-refractivity contribution in [3.8, 4) is 0 Å². The molecule has 0 aliphatic heterocycles. The second-order valence-electron chi connectivity index (χ2n) is 3.21. The Morgan fingerprint density at radius 3 is 2.38 bits per heavy atom. The van der Waals surface area contributed by atoms with Crippen LogP contribution in [-0.4, -0.2) is 39.2 Å². The number of carbonyl (C=O) groups is 2. The molecule has 0 saturated carbocycles. The number of aliphatic hydroxyl groups excluding tert-OH is 1. The fourth-order valence-corrected chi connectivity index (χ4v) is 1.21. The SMILES string of the molecule is CCCCC(O)C(=O)C(=O)COP(=O)(O)O. The number of phosphoric acid groups is 1. The molecule has 0 amide bonds. The lowest BCUT2D eigenvalue weighted by Crippen LogP contribution is -2.30. The quantitative estimate of drug-likeness (QED) is 0.404. The first kappa shape index (κ1) is 15.4. The molecule has 0 aromatic carbocycles. The minimum Gasteiger partial charge on any atom is -0.385 e. The molecule has 1 unspecified atom stereocenters. The van der Waals surface area contributed by atoms with Gasteiger partial charge in [0.25, 0.3) is 0 Å². The van der Waals surface area contributed by atoms with Gasteiger partial charge in [0.1, 0.15) is 12.7 Å². The highest BCUT2D eigenvalue weighted by Gasteiger charge is 2.25. The Morgan fingerprint density at radius 1 is 1.38 bits per heavy atom. The van der Waals surface area contributed by atoms with Crippen LogP contribution in [0.1, 0.15) is 26.2 Å². The number of phosphoric ester groups is 1. The number of hydrogen-bond acceptors (Lipinski definition) is 5. The van der Waals surface area contributed by atoms with Crippen molar-refractivity contribution in [1.82, 2.24) is 0 Å². The monoisotopic (exact) mass is 254 g/mol. The summed E-state index contributed by atoms with van der Waals surface area (Å²) in [6, 6.07) is 0. The van der Waals surface area contributed by atoms with Crippen molar-refractivity contribution in [3.05, 3.63) is 0 Å². The third-order valence-corrected chi connectivity index (χ3v) is 2.24. The highest BCUT2D eigenvalue weighted by molar-refractivity contribution is 7.46. The second kappa shape index (κ2) is 6.88. The summed E-state index contributed by atoms with van der Waals surface area (Å²) in [5.41, 5.74) is 0. The Hall–Kier alpha value is -0.590. The molecule has 0 fully saturated rings. The van der Waals surface area contributed by atoms with Crippen LogP contribution in [0.5, 0.6) is 0 Å². The predicted octanol–water partition coefficient (Wildman–Crippen LogP) is -0.215. The molecule has 94 valence electrons. The molecular formula is C8H15O7P. The number of carbonyl (C=O) groups excluding carboxylic acids is 2. The molecular weight excluding hydrogens is 239 g/mol. The third-order valence-electron chi connectivity index (χ3n) is 1.77. The topological polar surface area (TPSA) is 121 Å². The predicted molar refractivity (Wildman–Crippen MR) is 53.5 cm³/mol. The number of rotatable bonds is 8. The van der Waals surface area contributed by atoms with Crippen LogP contribution in [0, 0.1) is 0 Å². The van der Waals surface area contributed by atoms with E-state index in [4.69, 9.17) is 9.79 Å². The van der Waals surface area contributed by atoms with E-state index in [0.717, 1.165) is 6.42 Å². The number of hydrogen-bond donors (Lipinski definition) is 3. The fourth-order valence-electron chi connectivity index (χ4n) is 0.928. The van der Waals surface area contributed by atoms with Crippen molar-refractivity contribution in [1.29, 1.82) is 0 Å². The molecule has 0 aliphatic carbocycles. The summed E-state index contributed by atoms with van der Waals surface area (Å²) in [7, 11) is -4.77. The molecule has 1 atom stereocenters. The maximum absolute atomic E-state index is 11.1. The second-order valence-corrected chi connectivity index (χ2v) is 4.45. The van der Waals surface area contributed by atoms with Crippen LogP contribution in [0.25, 0.3) is 0 Å². The van der Waals surface area contributed by atoms with Crippen LogP contribution in [0.3, 0.4) is 0 Å². The average Bonchev–Trinajstić information content (AvgIpc) is 2.20. The zero-order valence-electron chi connectivity index (χ0n) is 8.83. The van der Waals surface area contributed by atoms with Crippen molar-refractivity contribution in [3.63, 3.8) is 0 Å². The molecule has 0 aromatic rings. The van der Waals surface area contributed by atoms with Crippen LogP contribution >= 0.6 is 7.82 Å². The normalized spacial score (nSPS) is 13.5. The van der Waals surface area contributed by atoms with Crippen molar-refractivity contribution in [2.75, 3.05) is 6.61 Å². The van der Waals surface area contributed by atoms with Crippen LogP contribution < -0.4 is 0 Å². The number of aliphatic hydroxyl groups is 1. The smallest absolute Gasteiger partial charge is 0.385 e. The van der Waals surface area contributed by atoms with E-state index in [1.807, 2.05) is 6.92 Å². The van der Waals surface area contributed by atoms with Crippen LogP contribution in [-0.2, 0) is 18.7 Å². The molecule has 0 heterocycles. The number of Topliss-reactive ketones (excluding diaryl/α,β-unsaturated/α-hetero) is 2. The van der Waals surface area contributed by atoms with E-state index in [0.29, 0.717) is 6.42 Å². The molecule has 0 aliphatic rings. The molecule has 0 bridgehead atoms. The number of unbranched alkanes of at least 4 members (excludes halogenated alkanes) is 1. The van der Waals surface area contributed by atoms with Gasteiger partial charge in [-0.25, -0.2) is 4.57 Å². The Labute approximate surface area is 92.7 Å². The summed E-state index contributed by atoms with van der Waals surface area (Å²) in [6.45, 7) is 0.836. The van der Waals surface area contributed by atoms with Crippen LogP contribution in [0.15, 0.2) is 0 Å². The van der Waals surface area contributed by atoms with E-state index in [2.05, 4.69) is 4.52 Å². The molecule has 0 rings (SSSR count). The summed E-state index contributed by atoms with van der Waals surface area (Å²) in [5, 5.41) is 9.23. The lowest BCUT2D eigenvalue weighted by atomic mass is 10.1. The lowest BCUT2D eigenvalue weighted by molar-refractivity contribution is -0.143. The first-order valence-electron chi connectivity index (χ1n) is 4.73. The zero-order valence-corrected chi connectivity index (χ0v) is 9.72. The van der Waals surface area contributed by atoms with Crippen molar-refractivity contribution in [2.24, 2.45) is 0 Å². The van der Waals surface area contributed by atoms with Crippen molar-refractivity contribution in [2.45, 2.75) is 32.3 Å². The summed E-state index contributed by atoms with van der Waals surface area (Å²) in [4.78, 5) is 38.7. The molecule has 0 radical (unpaired) electrons. The molecule has 8 heteroatoms. The van der Waals surface area contributed by atoms with E-state index in [-0.39, 0.29) is 6.42 Å². The van der Waals surface area contributed by atoms with Crippen molar-refractivity contribution >= 4 is 19.4 Å².